The molecular formula is C20H20N4O5. The zero-order valence-electron chi connectivity index (χ0n) is 16.1. The van der Waals surface area contributed by atoms with Gasteiger partial charge in [0.05, 0.1) is 16.9 Å². The number of carbonyl (C=O) groups excluding carboxylic acids is 1. The Bertz CT molecular complexity index is 1170. The minimum absolute atomic E-state index is 0.131. The number of rotatable bonds is 5. The summed E-state index contributed by atoms with van der Waals surface area (Å²) < 4.78 is 1.23. The largest absolute Gasteiger partial charge is 0.506 e. The second kappa shape index (κ2) is 7.70. The number of nitrogens with zero attached hydrogens (tertiary/aromatic N) is 3. The molecule has 1 unspecified atom stereocenters. The molecule has 9 heteroatoms. The number of benzene rings is 1. The van der Waals surface area contributed by atoms with E-state index in [1.165, 1.54) is 11.6 Å². The molecule has 0 saturated heterocycles. The lowest BCUT2D eigenvalue weighted by Crippen LogP contribution is -2.42. The van der Waals surface area contributed by atoms with E-state index in [0.29, 0.717) is 16.8 Å². The van der Waals surface area contributed by atoms with Crippen LogP contribution >= 0.6 is 0 Å². The molecule has 2 aromatic heterocycles. The van der Waals surface area contributed by atoms with E-state index in [9.17, 15) is 19.5 Å². The number of hydrogen-bond acceptors (Lipinski definition) is 6. The van der Waals surface area contributed by atoms with Crippen LogP contribution in [0.1, 0.15) is 29.4 Å². The molecule has 150 valence electrons. The number of carbonyl (C=O) groups is 2. The van der Waals surface area contributed by atoms with Crippen molar-refractivity contribution < 1.29 is 19.8 Å². The summed E-state index contributed by atoms with van der Waals surface area (Å²) in [6, 6.07) is 7.38. The van der Waals surface area contributed by atoms with Crippen LogP contribution in [-0.4, -0.2) is 42.9 Å². The Kier molecular flexibility index (Phi) is 5.31. The highest BCUT2D eigenvalue weighted by atomic mass is 16.4. The predicted molar refractivity (Wildman–Crippen MR) is 106 cm³/mol. The van der Waals surface area contributed by atoms with E-state index < -0.39 is 34.8 Å². The molecule has 0 fully saturated rings. The molecule has 2 heterocycles. The summed E-state index contributed by atoms with van der Waals surface area (Å²) in [5.41, 5.74) is 1.14. The van der Waals surface area contributed by atoms with Gasteiger partial charge in [0.1, 0.15) is 17.4 Å². The number of aryl methyl sites for hydroxylation is 2. The number of pyridine rings is 1. The molecule has 0 aliphatic rings. The molecule has 29 heavy (non-hydrogen) atoms. The van der Waals surface area contributed by atoms with Crippen LogP contribution in [0.5, 0.6) is 5.75 Å². The molecule has 0 bridgehead atoms. The lowest BCUT2D eigenvalue weighted by atomic mass is 10.0. The number of carboxylic acids is 1. The first kappa shape index (κ1) is 20.0. The lowest BCUT2D eigenvalue weighted by Gasteiger charge is -2.15. The summed E-state index contributed by atoms with van der Waals surface area (Å²) >= 11 is 0. The minimum atomic E-state index is -1.22. The fourth-order valence-corrected chi connectivity index (χ4v) is 3.02. The minimum Gasteiger partial charge on any atom is -0.506 e. The van der Waals surface area contributed by atoms with Crippen LogP contribution in [0.25, 0.3) is 22.2 Å². The van der Waals surface area contributed by atoms with E-state index in [4.69, 9.17) is 5.11 Å². The van der Waals surface area contributed by atoms with Crippen LogP contribution in [0.3, 0.4) is 0 Å². The summed E-state index contributed by atoms with van der Waals surface area (Å²) in [6.45, 7) is 3.40. The Morgan fingerprint density at radius 2 is 1.93 bits per heavy atom. The van der Waals surface area contributed by atoms with Crippen LogP contribution in [0.4, 0.5) is 0 Å². The van der Waals surface area contributed by atoms with Crippen molar-refractivity contribution in [3.63, 3.8) is 0 Å². The number of nitrogens with one attached hydrogen (secondary N) is 1. The zero-order valence-corrected chi connectivity index (χ0v) is 16.1. The molecule has 3 aromatic rings. The van der Waals surface area contributed by atoms with Gasteiger partial charge in [-0.25, -0.2) is 4.79 Å². The summed E-state index contributed by atoms with van der Waals surface area (Å²) in [7, 11) is 1.47. The number of hydrogen-bond donors (Lipinski definition) is 3. The smallest absolute Gasteiger partial charge is 0.326 e. The van der Waals surface area contributed by atoms with E-state index in [2.05, 4.69) is 15.5 Å². The first-order valence-corrected chi connectivity index (χ1v) is 8.94. The highest BCUT2D eigenvalue weighted by Gasteiger charge is 2.25. The van der Waals surface area contributed by atoms with Gasteiger partial charge in [-0.1, -0.05) is 13.0 Å². The molecule has 0 saturated carbocycles. The molecule has 1 atom stereocenters. The maximum absolute atomic E-state index is 12.6. The Morgan fingerprint density at radius 1 is 1.21 bits per heavy atom. The quantitative estimate of drug-likeness (QED) is 0.596. The van der Waals surface area contributed by atoms with Crippen molar-refractivity contribution in [2.24, 2.45) is 7.05 Å². The lowest BCUT2D eigenvalue weighted by molar-refractivity contribution is -0.139. The van der Waals surface area contributed by atoms with Crippen LogP contribution in [0.2, 0.25) is 0 Å². The summed E-state index contributed by atoms with van der Waals surface area (Å²) in [4.78, 5) is 36.4. The van der Waals surface area contributed by atoms with E-state index in [1.807, 2.05) is 6.92 Å². The molecule has 3 rings (SSSR count). The summed E-state index contributed by atoms with van der Waals surface area (Å²) in [5.74, 6) is -2.68. The van der Waals surface area contributed by atoms with Crippen molar-refractivity contribution in [2.45, 2.75) is 26.3 Å². The van der Waals surface area contributed by atoms with Crippen LogP contribution in [-0.2, 0) is 11.8 Å². The molecule has 9 nitrogen and oxygen atoms in total. The number of aromatic nitrogens is 3. The maximum atomic E-state index is 12.6. The number of aromatic hydroxyl groups is 1. The SMILES string of the molecule is CCC(NC(=O)c1c(O)c2cc(-c3ccc(C)nn3)ccc2n(C)c1=O)C(=O)O. The average molecular weight is 396 g/mol. The van der Waals surface area contributed by atoms with E-state index >= 15 is 0 Å². The Labute approximate surface area is 165 Å². The highest BCUT2D eigenvalue weighted by Crippen LogP contribution is 2.30. The van der Waals surface area contributed by atoms with Crippen LogP contribution in [0.15, 0.2) is 35.1 Å². The fraction of sp³-hybridized carbons (Fsp3) is 0.250. The third kappa shape index (κ3) is 3.66. The highest BCUT2D eigenvalue weighted by molar-refractivity contribution is 6.04. The number of amides is 1. The molecule has 1 aromatic carbocycles. The standard InChI is InChI=1S/C20H20N4O5/c1-4-13(20(28)29)21-18(26)16-17(25)12-9-11(14-7-5-10(2)22-23-14)6-8-15(12)24(3)19(16)27/h5-9,13,25H,4H2,1-3H3,(H,21,26)(H,28,29). The average Bonchev–Trinajstić information content (AvgIpc) is 2.70. The Hall–Kier alpha value is -3.75. The van der Waals surface area contributed by atoms with Gasteiger partial charge < -0.3 is 20.1 Å². The fourth-order valence-electron chi connectivity index (χ4n) is 3.02. The number of aliphatic carboxylic acids is 1. The molecule has 0 aliphatic heterocycles. The summed E-state index contributed by atoms with van der Waals surface area (Å²) in [5, 5.41) is 30.5. The van der Waals surface area contributed by atoms with Crippen molar-refractivity contribution in [3.05, 3.63) is 51.9 Å². The van der Waals surface area contributed by atoms with Crippen molar-refractivity contribution in [3.8, 4) is 17.0 Å². The van der Waals surface area contributed by atoms with Crippen molar-refractivity contribution in [1.82, 2.24) is 20.1 Å². The molecule has 0 spiro atoms. The number of carboxylic acid groups (broad SMARTS) is 1. The van der Waals surface area contributed by atoms with Gasteiger partial charge in [-0.3, -0.25) is 9.59 Å². The van der Waals surface area contributed by atoms with Crippen molar-refractivity contribution in [1.29, 1.82) is 0 Å². The molecule has 0 radical (unpaired) electrons. The van der Waals surface area contributed by atoms with Gasteiger partial charge in [0.15, 0.2) is 0 Å². The third-order valence-electron chi connectivity index (χ3n) is 4.70. The molecule has 0 aliphatic carbocycles. The number of fused-ring (bicyclic) bond motifs is 1. The van der Waals surface area contributed by atoms with Crippen LogP contribution in [0, 0.1) is 6.92 Å². The first-order chi connectivity index (χ1) is 13.7. The first-order valence-electron chi connectivity index (χ1n) is 8.94. The topological polar surface area (TPSA) is 134 Å². The molecular weight excluding hydrogens is 376 g/mol. The van der Waals surface area contributed by atoms with Crippen molar-refractivity contribution >= 4 is 22.8 Å². The summed E-state index contributed by atoms with van der Waals surface area (Å²) in [6.07, 6.45) is 0.131. The monoisotopic (exact) mass is 396 g/mol. The second-order valence-electron chi connectivity index (χ2n) is 6.65. The predicted octanol–water partition coefficient (Wildman–Crippen LogP) is 1.60. The van der Waals surface area contributed by atoms with E-state index in [0.717, 1.165) is 5.69 Å². The van der Waals surface area contributed by atoms with E-state index in [1.54, 1.807) is 37.3 Å². The van der Waals surface area contributed by atoms with Gasteiger partial charge in [-0.2, -0.15) is 10.2 Å². The van der Waals surface area contributed by atoms with E-state index in [-0.39, 0.29) is 11.8 Å². The van der Waals surface area contributed by atoms with Gasteiger partial charge in [-0.15, -0.1) is 0 Å². The molecule has 1 amide bonds. The van der Waals surface area contributed by atoms with Gasteiger partial charge in [0.2, 0.25) is 0 Å². The van der Waals surface area contributed by atoms with Gasteiger partial charge >= 0.3 is 5.97 Å². The zero-order chi connectivity index (χ0) is 21.3. The van der Waals surface area contributed by atoms with Gasteiger partial charge in [0.25, 0.3) is 11.5 Å². The Morgan fingerprint density at radius 3 is 2.52 bits per heavy atom. The molecule has 3 N–H and O–H groups in total. The Balaban J connectivity index is 2.16. The maximum Gasteiger partial charge on any atom is 0.326 e. The second-order valence-corrected chi connectivity index (χ2v) is 6.65. The van der Waals surface area contributed by atoms with Crippen molar-refractivity contribution in [2.75, 3.05) is 0 Å². The van der Waals surface area contributed by atoms with Gasteiger partial charge in [0, 0.05) is 18.0 Å². The van der Waals surface area contributed by atoms with Gasteiger partial charge in [-0.05, 0) is 37.6 Å². The van der Waals surface area contributed by atoms with Crippen LogP contribution < -0.4 is 10.9 Å². The normalized spacial score (nSPS) is 12.0. The third-order valence-corrected chi connectivity index (χ3v) is 4.70.